The summed E-state index contributed by atoms with van der Waals surface area (Å²) in [7, 11) is 1.94. The number of aryl methyl sites for hydroxylation is 1. The van der Waals surface area contributed by atoms with E-state index in [2.05, 4.69) is 22.2 Å². The van der Waals surface area contributed by atoms with Crippen molar-refractivity contribution in [3.8, 4) is 0 Å². The zero-order valence-electron chi connectivity index (χ0n) is 14.4. The maximum absolute atomic E-state index is 5.94. The number of hydrogen-bond acceptors (Lipinski definition) is 3. The fourth-order valence-corrected chi connectivity index (χ4v) is 3.48. The van der Waals surface area contributed by atoms with Crippen LogP contribution in [-0.2, 0) is 11.8 Å². The Balaban J connectivity index is 1.64. The summed E-state index contributed by atoms with van der Waals surface area (Å²) in [5.41, 5.74) is 1.14. The third-order valence-corrected chi connectivity index (χ3v) is 4.77. The van der Waals surface area contributed by atoms with Gasteiger partial charge in [-0.2, -0.15) is 5.10 Å². The van der Waals surface area contributed by atoms with Crippen LogP contribution in [-0.4, -0.2) is 53.4 Å². The first kappa shape index (κ1) is 16.3. The van der Waals surface area contributed by atoms with E-state index in [4.69, 9.17) is 9.73 Å². The van der Waals surface area contributed by atoms with Gasteiger partial charge in [0.15, 0.2) is 5.96 Å². The summed E-state index contributed by atoms with van der Waals surface area (Å²) in [4.78, 5) is 7.24. The Hall–Kier alpha value is -1.56. The van der Waals surface area contributed by atoms with Gasteiger partial charge in [0.1, 0.15) is 6.10 Å². The van der Waals surface area contributed by atoms with Gasteiger partial charge in [-0.3, -0.25) is 9.67 Å². The van der Waals surface area contributed by atoms with Gasteiger partial charge in [-0.25, -0.2) is 0 Å². The molecule has 0 bridgehead atoms. The van der Waals surface area contributed by atoms with Crippen LogP contribution in [0.2, 0.25) is 0 Å². The summed E-state index contributed by atoms with van der Waals surface area (Å²) in [6.45, 7) is 6.45. The second-order valence-electron chi connectivity index (χ2n) is 6.60. The third-order valence-electron chi connectivity index (χ3n) is 4.77. The Morgan fingerprint density at radius 2 is 2.26 bits per heavy atom. The molecule has 1 unspecified atom stereocenters. The molecule has 0 spiro atoms. The minimum atomic E-state index is 0.0767. The zero-order chi connectivity index (χ0) is 16.1. The van der Waals surface area contributed by atoms with Crippen molar-refractivity contribution >= 4 is 5.96 Å². The molecule has 1 saturated heterocycles. The minimum Gasteiger partial charge on any atom is -0.370 e. The van der Waals surface area contributed by atoms with E-state index in [1.807, 2.05) is 24.1 Å². The monoisotopic (exact) mass is 319 g/mol. The molecule has 6 nitrogen and oxygen atoms in total. The summed E-state index contributed by atoms with van der Waals surface area (Å²) in [5.74, 6) is 1.82. The first-order chi connectivity index (χ1) is 11.3. The molecule has 1 aliphatic heterocycles. The lowest BCUT2D eigenvalue weighted by molar-refractivity contribution is -0.00806. The SMILES string of the molecule is CCNC(=NCC1CCCC1)N1CCOC(c2cnn(C)c2)C1. The Morgan fingerprint density at radius 1 is 1.43 bits per heavy atom. The van der Waals surface area contributed by atoms with Gasteiger partial charge >= 0.3 is 0 Å². The first-order valence-electron chi connectivity index (χ1n) is 8.89. The molecule has 1 N–H and O–H groups in total. The summed E-state index contributed by atoms with van der Waals surface area (Å²) in [6, 6.07) is 0. The van der Waals surface area contributed by atoms with Crippen LogP contribution in [0.15, 0.2) is 17.4 Å². The molecule has 3 rings (SSSR count). The molecular formula is C17H29N5O. The van der Waals surface area contributed by atoms with Crippen molar-refractivity contribution in [3.63, 3.8) is 0 Å². The molecule has 0 radical (unpaired) electrons. The van der Waals surface area contributed by atoms with Crippen molar-refractivity contribution in [1.29, 1.82) is 0 Å². The van der Waals surface area contributed by atoms with E-state index < -0.39 is 0 Å². The number of guanidine groups is 1. The van der Waals surface area contributed by atoms with Gasteiger partial charge in [-0.1, -0.05) is 12.8 Å². The normalized spacial score (nSPS) is 23.5. The summed E-state index contributed by atoms with van der Waals surface area (Å²) in [6.07, 6.45) is 9.43. The van der Waals surface area contributed by atoms with Crippen LogP contribution in [0.3, 0.4) is 0 Å². The Bertz CT molecular complexity index is 521. The van der Waals surface area contributed by atoms with Crippen LogP contribution < -0.4 is 5.32 Å². The van der Waals surface area contributed by atoms with Crippen LogP contribution >= 0.6 is 0 Å². The molecule has 2 heterocycles. The van der Waals surface area contributed by atoms with Gasteiger partial charge in [0.25, 0.3) is 0 Å². The molecule has 2 aliphatic rings. The van der Waals surface area contributed by atoms with E-state index in [0.717, 1.165) is 50.2 Å². The second-order valence-corrected chi connectivity index (χ2v) is 6.60. The molecule has 128 valence electrons. The standard InChI is InChI=1S/C17H29N5O/c1-3-18-17(19-10-14-6-4-5-7-14)22-8-9-23-16(13-22)15-11-20-21(2)12-15/h11-12,14,16H,3-10,13H2,1-2H3,(H,18,19). The molecule has 0 aromatic carbocycles. The summed E-state index contributed by atoms with van der Waals surface area (Å²) in [5, 5.41) is 7.71. The van der Waals surface area contributed by atoms with E-state index in [0.29, 0.717) is 0 Å². The van der Waals surface area contributed by atoms with E-state index in [9.17, 15) is 0 Å². The highest BCUT2D eigenvalue weighted by atomic mass is 16.5. The predicted molar refractivity (Wildman–Crippen MR) is 91.4 cm³/mol. The number of aromatic nitrogens is 2. The van der Waals surface area contributed by atoms with Crippen molar-refractivity contribution in [2.24, 2.45) is 18.0 Å². The number of hydrogen-bond donors (Lipinski definition) is 1. The van der Waals surface area contributed by atoms with Crippen LogP contribution in [0.4, 0.5) is 0 Å². The van der Waals surface area contributed by atoms with Crippen molar-refractivity contribution < 1.29 is 4.74 Å². The molecule has 1 aromatic heterocycles. The van der Waals surface area contributed by atoms with E-state index in [1.54, 1.807) is 0 Å². The molecule has 23 heavy (non-hydrogen) atoms. The molecule has 0 amide bonds. The van der Waals surface area contributed by atoms with Gasteiger partial charge in [0.05, 0.1) is 19.3 Å². The van der Waals surface area contributed by atoms with Gasteiger partial charge < -0.3 is 15.0 Å². The smallest absolute Gasteiger partial charge is 0.194 e. The summed E-state index contributed by atoms with van der Waals surface area (Å²) < 4.78 is 7.77. The topological polar surface area (TPSA) is 54.7 Å². The maximum Gasteiger partial charge on any atom is 0.194 e. The van der Waals surface area contributed by atoms with Crippen molar-refractivity contribution in [1.82, 2.24) is 20.0 Å². The number of morpholine rings is 1. The zero-order valence-corrected chi connectivity index (χ0v) is 14.4. The fraction of sp³-hybridized carbons (Fsp3) is 0.765. The first-order valence-corrected chi connectivity index (χ1v) is 8.89. The number of rotatable bonds is 4. The number of ether oxygens (including phenoxy) is 1. The lowest BCUT2D eigenvalue weighted by atomic mass is 10.1. The van der Waals surface area contributed by atoms with E-state index in [1.165, 1.54) is 25.7 Å². The molecule has 1 aromatic rings. The van der Waals surface area contributed by atoms with Crippen molar-refractivity contribution in [2.45, 2.75) is 38.7 Å². The average Bonchev–Trinajstić information content (AvgIpc) is 3.23. The highest BCUT2D eigenvalue weighted by Gasteiger charge is 2.25. The van der Waals surface area contributed by atoms with Gasteiger partial charge in [-0.15, -0.1) is 0 Å². The lowest BCUT2D eigenvalue weighted by Gasteiger charge is -2.35. The fourth-order valence-electron chi connectivity index (χ4n) is 3.48. The van der Waals surface area contributed by atoms with Crippen LogP contribution in [0, 0.1) is 5.92 Å². The Morgan fingerprint density at radius 3 is 2.96 bits per heavy atom. The number of aliphatic imine (C=N–C) groups is 1. The molecular weight excluding hydrogens is 290 g/mol. The predicted octanol–water partition coefficient (Wildman–Crippen LogP) is 1.95. The highest BCUT2D eigenvalue weighted by molar-refractivity contribution is 5.80. The summed E-state index contributed by atoms with van der Waals surface area (Å²) >= 11 is 0. The van der Waals surface area contributed by atoms with E-state index >= 15 is 0 Å². The third kappa shape index (κ3) is 4.25. The maximum atomic E-state index is 5.94. The lowest BCUT2D eigenvalue weighted by Crippen LogP contribution is -2.48. The molecule has 1 aliphatic carbocycles. The molecule has 2 fully saturated rings. The van der Waals surface area contributed by atoms with Crippen molar-refractivity contribution in [2.75, 3.05) is 32.8 Å². The quantitative estimate of drug-likeness (QED) is 0.681. The number of nitrogens with zero attached hydrogens (tertiary/aromatic N) is 4. The number of nitrogens with one attached hydrogen (secondary N) is 1. The van der Waals surface area contributed by atoms with Gasteiger partial charge in [0, 0.05) is 38.4 Å². The molecule has 6 heteroatoms. The van der Waals surface area contributed by atoms with Crippen LogP contribution in [0.5, 0.6) is 0 Å². The van der Waals surface area contributed by atoms with Crippen LogP contribution in [0.25, 0.3) is 0 Å². The van der Waals surface area contributed by atoms with E-state index in [-0.39, 0.29) is 6.10 Å². The minimum absolute atomic E-state index is 0.0767. The van der Waals surface area contributed by atoms with Crippen LogP contribution in [0.1, 0.15) is 44.3 Å². The Kier molecular flexibility index (Phi) is 5.54. The van der Waals surface area contributed by atoms with Gasteiger partial charge in [-0.05, 0) is 25.7 Å². The largest absolute Gasteiger partial charge is 0.370 e. The van der Waals surface area contributed by atoms with Gasteiger partial charge in [0.2, 0.25) is 0 Å². The highest BCUT2D eigenvalue weighted by Crippen LogP contribution is 2.25. The van der Waals surface area contributed by atoms with Crippen molar-refractivity contribution in [3.05, 3.63) is 18.0 Å². The average molecular weight is 319 g/mol. The second kappa shape index (κ2) is 7.81. The Labute approximate surface area is 138 Å². The molecule has 1 saturated carbocycles. The molecule has 1 atom stereocenters.